The second-order valence-corrected chi connectivity index (χ2v) is 4.34. The molecule has 3 nitrogen and oxygen atoms in total. The maximum absolute atomic E-state index is 5.87. The summed E-state index contributed by atoms with van der Waals surface area (Å²) in [6.45, 7) is 2.05. The van der Waals surface area contributed by atoms with E-state index in [1.807, 2.05) is 36.4 Å². The summed E-state index contributed by atoms with van der Waals surface area (Å²) in [6, 6.07) is 11.2. The highest BCUT2D eigenvalue weighted by atomic mass is 35.5. The first kappa shape index (κ1) is 13.7. The fourth-order valence-electron chi connectivity index (χ4n) is 1.70. The molecule has 0 amide bonds. The van der Waals surface area contributed by atoms with E-state index in [-0.39, 0.29) is 0 Å². The molecule has 0 bridgehead atoms. The normalized spacial score (nSPS) is 10.3. The number of aryl methyl sites for hydroxylation is 1. The van der Waals surface area contributed by atoms with E-state index >= 15 is 0 Å². The van der Waals surface area contributed by atoms with Crippen molar-refractivity contribution in [3.63, 3.8) is 0 Å². The van der Waals surface area contributed by atoms with Crippen LogP contribution in [0.25, 0.3) is 0 Å². The summed E-state index contributed by atoms with van der Waals surface area (Å²) in [6.07, 6.45) is 0.851. The van der Waals surface area contributed by atoms with E-state index < -0.39 is 0 Å². The molecule has 0 atom stereocenters. The standard InChI is InChI=1S/C15H16ClNO2/c1-3-12-8-11(10-16)9-15(17-12)19-14-6-4-13(18-2)5-7-14/h4-9H,3,10H2,1-2H3. The summed E-state index contributed by atoms with van der Waals surface area (Å²) in [5.74, 6) is 2.54. The van der Waals surface area contributed by atoms with Gasteiger partial charge in [-0.25, -0.2) is 4.98 Å². The number of methoxy groups -OCH3 is 1. The lowest BCUT2D eigenvalue weighted by Gasteiger charge is -2.08. The third-order valence-corrected chi connectivity index (χ3v) is 3.02. The largest absolute Gasteiger partial charge is 0.497 e. The molecule has 0 aliphatic heterocycles. The molecule has 4 heteroatoms. The summed E-state index contributed by atoms with van der Waals surface area (Å²) in [5.41, 5.74) is 1.98. The van der Waals surface area contributed by atoms with E-state index in [4.69, 9.17) is 21.1 Å². The number of ether oxygens (including phenoxy) is 2. The molecule has 2 rings (SSSR count). The molecule has 1 aromatic heterocycles. The number of hydrogen-bond donors (Lipinski definition) is 0. The Kier molecular flexibility index (Phi) is 4.63. The molecule has 0 aliphatic rings. The maximum Gasteiger partial charge on any atom is 0.219 e. The average molecular weight is 278 g/mol. The van der Waals surface area contributed by atoms with Crippen molar-refractivity contribution in [2.75, 3.05) is 7.11 Å². The van der Waals surface area contributed by atoms with Gasteiger partial charge >= 0.3 is 0 Å². The number of rotatable bonds is 5. The van der Waals surface area contributed by atoms with Crippen LogP contribution in [-0.2, 0) is 12.3 Å². The minimum absolute atomic E-state index is 0.453. The molecular weight excluding hydrogens is 262 g/mol. The zero-order valence-corrected chi connectivity index (χ0v) is 11.8. The van der Waals surface area contributed by atoms with Crippen LogP contribution in [0, 0.1) is 0 Å². The van der Waals surface area contributed by atoms with Gasteiger partial charge in [0.15, 0.2) is 0 Å². The quantitative estimate of drug-likeness (QED) is 0.768. The second-order valence-electron chi connectivity index (χ2n) is 4.07. The summed E-state index contributed by atoms with van der Waals surface area (Å²) in [5, 5.41) is 0. The number of alkyl halides is 1. The molecule has 0 unspecified atom stereocenters. The van der Waals surface area contributed by atoms with Crippen molar-refractivity contribution in [1.29, 1.82) is 0 Å². The molecule has 19 heavy (non-hydrogen) atoms. The third kappa shape index (κ3) is 3.61. The predicted octanol–water partition coefficient (Wildman–Crippen LogP) is 4.18. The van der Waals surface area contributed by atoms with Gasteiger partial charge in [0.1, 0.15) is 11.5 Å². The fraction of sp³-hybridized carbons (Fsp3) is 0.267. The average Bonchev–Trinajstić information content (AvgIpc) is 2.47. The highest BCUT2D eigenvalue weighted by Crippen LogP contribution is 2.24. The van der Waals surface area contributed by atoms with Crippen molar-refractivity contribution in [3.05, 3.63) is 47.7 Å². The maximum atomic E-state index is 5.87. The minimum atomic E-state index is 0.453. The Morgan fingerprint density at radius 1 is 1.11 bits per heavy atom. The van der Waals surface area contributed by atoms with Crippen molar-refractivity contribution < 1.29 is 9.47 Å². The third-order valence-electron chi connectivity index (χ3n) is 2.71. The van der Waals surface area contributed by atoms with Crippen LogP contribution in [0.4, 0.5) is 0 Å². The monoisotopic (exact) mass is 277 g/mol. The summed E-state index contributed by atoms with van der Waals surface area (Å²) < 4.78 is 10.8. The van der Waals surface area contributed by atoms with Gasteiger partial charge in [0.2, 0.25) is 5.88 Å². The molecular formula is C15H16ClNO2. The lowest BCUT2D eigenvalue weighted by molar-refractivity contribution is 0.412. The van der Waals surface area contributed by atoms with E-state index in [9.17, 15) is 0 Å². The van der Waals surface area contributed by atoms with E-state index in [1.165, 1.54) is 0 Å². The number of halogens is 1. The zero-order chi connectivity index (χ0) is 13.7. The van der Waals surface area contributed by atoms with Crippen LogP contribution in [0.2, 0.25) is 0 Å². The molecule has 1 heterocycles. The molecule has 0 fully saturated rings. The zero-order valence-electron chi connectivity index (χ0n) is 11.0. The Bertz CT molecular complexity index is 518. The molecule has 0 N–H and O–H groups in total. The van der Waals surface area contributed by atoms with Crippen LogP contribution in [0.1, 0.15) is 18.2 Å². The van der Waals surface area contributed by atoms with E-state index in [0.717, 1.165) is 29.2 Å². The van der Waals surface area contributed by atoms with Gasteiger partial charge in [-0.2, -0.15) is 0 Å². The number of nitrogens with zero attached hydrogens (tertiary/aromatic N) is 1. The van der Waals surface area contributed by atoms with Gasteiger partial charge in [0.05, 0.1) is 7.11 Å². The Labute approximate surface area is 118 Å². The molecule has 1 aromatic carbocycles. The Hall–Kier alpha value is -1.74. The fourth-order valence-corrected chi connectivity index (χ4v) is 1.85. The van der Waals surface area contributed by atoms with Crippen LogP contribution < -0.4 is 9.47 Å². The molecule has 2 aromatic rings. The Morgan fingerprint density at radius 2 is 1.79 bits per heavy atom. The molecule has 100 valence electrons. The SMILES string of the molecule is CCc1cc(CCl)cc(Oc2ccc(OC)cc2)n1. The van der Waals surface area contributed by atoms with Crippen molar-refractivity contribution in [1.82, 2.24) is 4.98 Å². The van der Waals surface area contributed by atoms with Gasteiger partial charge in [-0.3, -0.25) is 0 Å². The van der Waals surface area contributed by atoms with Gasteiger partial charge in [-0.05, 0) is 42.3 Å². The first-order valence-electron chi connectivity index (χ1n) is 6.13. The Morgan fingerprint density at radius 3 is 2.37 bits per heavy atom. The first-order chi connectivity index (χ1) is 9.25. The van der Waals surface area contributed by atoms with Crippen LogP contribution in [0.15, 0.2) is 36.4 Å². The van der Waals surface area contributed by atoms with Crippen LogP contribution in [0.5, 0.6) is 17.4 Å². The highest BCUT2D eigenvalue weighted by molar-refractivity contribution is 6.17. The van der Waals surface area contributed by atoms with Crippen molar-refractivity contribution in [2.24, 2.45) is 0 Å². The molecule has 0 saturated carbocycles. The minimum Gasteiger partial charge on any atom is -0.497 e. The molecule has 0 aliphatic carbocycles. The second kappa shape index (κ2) is 6.43. The van der Waals surface area contributed by atoms with Gasteiger partial charge in [-0.1, -0.05) is 6.92 Å². The number of aromatic nitrogens is 1. The van der Waals surface area contributed by atoms with Gasteiger partial charge in [0.25, 0.3) is 0 Å². The predicted molar refractivity (Wildman–Crippen MR) is 76.2 cm³/mol. The number of benzene rings is 1. The Balaban J connectivity index is 2.21. The highest BCUT2D eigenvalue weighted by Gasteiger charge is 2.04. The van der Waals surface area contributed by atoms with Gasteiger partial charge < -0.3 is 9.47 Å². The number of hydrogen-bond acceptors (Lipinski definition) is 3. The summed E-state index contributed by atoms with van der Waals surface area (Å²) in [7, 11) is 1.63. The first-order valence-corrected chi connectivity index (χ1v) is 6.66. The van der Waals surface area contributed by atoms with E-state index in [2.05, 4.69) is 11.9 Å². The summed E-state index contributed by atoms with van der Waals surface area (Å²) in [4.78, 5) is 4.43. The smallest absolute Gasteiger partial charge is 0.219 e. The van der Waals surface area contributed by atoms with E-state index in [1.54, 1.807) is 7.11 Å². The lowest BCUT2D eigenvalue weighted by atomic mass is 10.2. The van der Waals surface area contributed by atoms with Crippen LogP contribution in [0.3, 0.4) is 0 Å². The molecule has 0 radical (unpaired) electrons. The lowest BCUT2D eigenvalue weighted by Crippen LogP contribution is -1.95. The number of pyridine rings is 1. The topological polar surface area (TPSA) is 31.4 Å². The van der Waals surface area contributed by atoms with Gasteiger partial charge in [-0.15, -0.1) is 11.6 Å². The summed E-state index contributed by atoms with van der Waals surface area (Å²) >= 11 is 5.87. The van der Waals surface area contributed by atoms with Crippen molar-refractivity contribution in [3.8, 4) is 17.4 Å². The van der Waals surface area contributed by atoms with E-state index in [0.29, 0.717) is 11.8 Å². The van der Waals surface area contributed by atoms with Crippen molar-refractivity contribution >= 4 is 11.6 Å². The van der Waals surface area contributed by atoms with Gasteiger partial charge in [0, 0.05) is 17.6 Å². The van der Waals surface area contributed by atoms with Crippen LogP contribution >= 0.6 is 11.6 Å². The molecule has 0 spiro atoms. The van der Waals surface area contributed by atoms with Crippen LogP contribution in [-0.4, -0.2) is 12.1 Å². The molecule has 0 saturated heterocycles. The van der Waals surface area contributed by atoms with Crippen molar-refractivity contribution in [2.45, 2.75) is 19.2 Å².